The van der Waals surface area contributed by atoms with Crippen LogP contribution >= 0.6 is 0 Å². The molecular weight excluding hydrogens is 580 g/mol. The van der Waals surface area contributed by atoms with E-state index >= 15 is 4.39 Å². The highest BCUT2D eigenvalue weighted by molar-refractivity contribution is 7.90. The zero-order valence-electron chi connectivity index (χ0n) is 23.8. The van der Waals surface area contributed by atoms with E-state index in [9.17, 15) is 22.4 Å². The molecule has 1 aliphatic heterocycles. The molecular formula is C29H31F2N7O4S. The lowest BCUT2D eigenvalue weighted by atomic mass is 10.00. The van der Waals surface area contributed by atoms with E-state index in [1.807, 2.05) is 12.1 Å². The fourth-order valence-corrected chi connectivity index (χ4v) is 5.93. The van der Waals surface area contributed by atoms with Gasteiger partial charge in [-0.2, -0.15) is 12.7 Å². The maximum absolute atomic E-state index is 15.4. The number of ketones is 1. The zero-order chi connectivity index (χ0) is 30.9. The molecule has 1 amide bonds. The third-order valence-electron chi connectivity index (χ3n) is 7.50. The minimum absolute atomic E-state index is 0.0283. The van der Waals surface area contributed by atoms with Gasteiger partial charge in [0, 0.05) is 80.3 Å². The van der Waals surface area contributed by atoms with Crippen LogP contribution < -0.4 is 14.9 Å². The van der Waals surface area contributed by atoms with Crippen molar-refractivity contribution in [3.05, 3.63) is 71.7 Å². The first kappa shape index (κ1) is 30.0. The number of carbonyl (C=O) groups excluding carboxylic acids is 2. The Morgan fingerprint density at radius 3 is 2.47 bits per heavy atom. The standard InChI is InChI=1S/C29H31F2N7O4S/c1-4-37(3)43(41,42)36-24-7-6-23(30)26(27(24)31)28(40)22-16-34-29-21(22)13-19(15-33-29)18-5-8-25(32-14-18)38-11-9-20(10-12-38)35-17(2)39/h5-8,13-16,20,36H,4,9-12H2,1-3H3,(H,33,34)(H,35,39). The van der Waals surface area contributed by atoms with Crippen LogP contribution in [0.5, 0.6) is 0 Å². The van der Waals surface area contributed by atoms with Gasteiger partial charge in [0.15, 0.2) is 5.82 Å². The van der Waals surface area contributed by atoms with Crippen molar-refractivity contribution in [2.24, 2.45) is 0 Å². The number of amides is 1. The summed E-state index contributed by atoms with van der Waals surface area (Å²) in [6.45, 7) is 4.74. The van der Waals surface area contributed by atoms with E-state index in [1.54, 1.807) is 25.4 Å². The second-order valence-electron chi connectivity index (χ2n) is 10.3. The maximum atomic E-state index is 15.4. The Hall–Kier alpha value is -4.43. The number of H-pyrrole nitrogens is 1. The summed E-state index contributed by atoms with van der Waals surface area (Å²) in [6, 6.07) is 7.37. The number of pyridine rings is 2. The Kier molecular flexibility index (Phi) is 8.42. The van der Waals surface area contributed by atoms with Crippen molar-refractivity contribution in [2.45, 2.75) is 32.7 Å². The van der Waals surface area contributed by atoms with Gasteiger partial charge >= 0.3 is 10.2 Å². The summed E-state index contributed by atoms with van der Waals surface area (Å²) in [4.78, 5) is 38.8. The predicted molar refractivity (Wildman–Crippen MR) is 159 cm³/mol. The average molecular weight is 612 g/mol. The average Bonchev–Trinajstić information content (AvgIpc) is 3.42. The molecule has 5 rings (SSSR count). The quantitative estimate of drug-likeness (QED) is 0.244. The molecule has 0 spiro atoms. The van der Waals surface area contributed by atoms with Gasteiger partial charge in [0.05, 0.1) is 11.3 Å². The zero-order valence-corrected chi connectivity index (χ0v) is 24.6. The predicted octanol–water partition coefficient (Wildman–Crippen LogP) is 3.85. The molecule has 1 aromatic carbocycles. The highest BCUT2D eigenvalue weighted by atomic mass is 32.2. The number of piperidine rings is 1. The van der Waals surface area contributed by atoms with Crippen LogP contribution in [-0.2, 0) is 15.0 Å². The molecule has 0 bridgehead atoms. The summed E-state index contributed by atoms with van der Waals surface area (Å²) in [6.07, 6.45) is 6.24. The Morgan fingerprint density at radius 2 is 1.81 bits per heavy atom. The fraction of sp³-hybridized carbons (Fsp3) is 0.310. The van der Waals surface area contributed by atoms with E-state index in [4.69, 9.17) is 0 Å². The number of nitrogens with one attached hydrogen (secondary N) is 3. The van der Waals surface area contributed by atoms with Gasteiger partial charge < -0.3 is 15.2 Å². The molecule has 0 radical (unpaired) electrons. The number of nitrogens with zero attached hydrogens (tertiary/aromatic N) is 4. The number of hydrogen-bond donors (Lipinski definition) is 3. The lowest BCUT2D eigenvalue weighted by molar-refractivity contribution is -0.119. The highest BCUT2D eigenvalue weighted by Crippen LogP contribution is 2.30. The van der Waals surface area contributed by atoms with Gasteiger partial charge in [-0.15, -0.1) is 0 Å². The Labute approximate surface area is 247 Å². The molecule has 4 heterocycles. The third-order valence-corrected chi connectivity index (χ3v) is 9.05. The van der Waals surface area contributed by atoms with Crippen LogP contribution in [0.3, 0.4) is 0 Å². The van der Waals surface area contributed by atoms with Gasteiger partial charge in [-0.1, -0.05) is 6.92 Å². The lowest BCUT2D eigenvalue weighted by Crippen LogP contribution is -2.44. The molecule has 0 aliphatic carbocycles. The minimum Gasteiger partial charge on any atom is -0.356 e. The summed E-state index contributed by atoms with van der Waals surface area (Å²) in [5.41, 5.74) is 0.225. The normalized spacial score (nSPS) is 14.3. The highest BCUT2D eigenvalue weighted by Gasteiger charge is 2.27. The van der Waals surface area contributed by atoms with Gasteiger partial charge in [0.2, 0.25) is 11.7 Å². The van der Waals surface area contributed by atoms with Gasteiger partial charge in [0.25, 0.3) is 0 Å². The van der Waals surface area contributed by atoms with Crippen LogP contribution in [0.15, 0.2) is 48.9 Å². The van der Waals surface area contributed by atoms with Crippen LogP contribution in [0.25, 0.3) is 22.2 Å². The number of anilines is 2. The monoisotopic (exact) mass is 611 g/mol. The van der Waals surface area contributed by atoms with Gasteiger partial charge in [-0.25, -0.2) is 18.7 Å². The largest absolute Gasteiger partial charge is 0.356 e. The first-order valence-electron chi connectivity index (χ1n) is 13.7. The molecule has 1 saturated heterocycles. The number of rotatable bonds is 9. The van der Waals surface area contributed by atoms with Crippen molar-refractivity contribution >= 4 is 44.4 Å². The molecule has 1 aliphatic rings. The van der Waals surface area contributed by atoms with Crippen molar-refractivity contribution in [1.29, 1.82) is 0 Å². The molecule has 3 aromatic heterocycles. The van der Waals surface area contributed by atoms with E-state index in [2.05, 4.69) is 29.9 Å². The smallest absolute Gasteiger partial charge is 0.301 e. The van der Waals surface area contributed by atoms with Crippen LogP contribution in [0.2, 0.25) is 0 Å². The number of aromatic amines is 1. The molecule has 0 saturated carbocycles. The van der Waals surface area contributed by atoms with Gasteiger partial charge in [-0.05, 0) is 43.2 Å². The van der Waals surface area contributed by atoms with E-state index < -0.39 is 38.9 Å². The summed E-state index contributed by atoms with van der Waals surface area (Å²) in [5.74, 6) is -2.67. The fourth-order valence-electron chi connectivity index (χ4n) is 4.99. The number of aromatic nitrogens is 3. The topological polar surface area (TPSA) is 140 Å². The first-order valence-corrected chi connectivity index (χ1v) is 15.1. The Bertz CT molecular complexity index is 1790. The third kappa shape index (κ3) is 6.20. The molecule has 11 nitrogen and oxygen atoms in total. The van der Waals surface area contributed by atoms with Crippen molar-refractivity contribution in [3.8, 4) is 11.1 Å². The van der Waals surface area contributed by atoms with E-state index in [0.717, 1.165) is 53.8 Å². The molecule has 4 aromatic rings. The minimum atomic E-state index is -4.11. The SMILES string of the molecule is CCN(C)S(=O)(=O)Nc1ccc(F)c(C(=O)c2c[nH]c3ncc(-c4ccc(N5CCC(NC(C)=O)CC5)nc4)cc23)c1F. The molecule has 226 valence electrons. The van der Waals surface area contributed by atoms with Crippen molar-refractivity contribution in [1.82, 2.24) is 24.6 Å². The first-order chi connectivity index (χ1) is 20.5. The van der Waals surface area contributed by atoms with Crippen LogP contribution in [0.4, 0.5) is 20.3 Å². The molecule has 0 atom stereocenters. The summed E-state index contributed by atoms with van der Waals surface area (Å²) >= 11 is 0. The Morgan fingerprint density at radius 1 is 1.09 bits per heavy atom. The van der Waals surface area contributed by atoms with Crippen molar-refractivity contribution in [2.75, 3.05) is 36.3 Å². The van der Waals surface area contributed by atoms with Crippen LogP contribution in [-0.4, -0.2) is 72.1 Å². The molecule has 0 unspecified atom stereocenters. The number of hydrogen-bond acceptors (Lipinski definition) is 7. The van der Waals surface area contributed by atoms with E-state index in [-0.39, 0.29) is 24.1 Å². The summed E-state index contributed by atoms with van der Waals surface area (Å²) in [7, 11) is -2.81. The number of carbonyl (C=O) groups is 2. The second kappa shape index (κ2) is 12.1. The molecule has 1 fully saturated rings. The number of benzene rings is 1. The van der Waals surface area contributed by atoms with Crippen LogP contribution in [0, 0.1) is 11.6 Å². The summed E-state index contributed by atoms with van der Waals surface area (Å²) < 4.78 is 58.1. The van der Waals surface area contributed by atoms with E-state index in [0.29, 0.717) is 16.6 Å². The second-order valence-corrected chi connectivity index (χ2v) is 12.1. The Balaban J connectivity index is 1.40. The van der Waals surface area contributed by atoms with Gasteiger partial charge in [0.1, 0.15) is 17.3 Å². The summed E-state index contributed by atoms with van der Waals surface area (Å²) in [5, 5.41) is 3.29. The van der Waals surface area contributed by atoms with Crippen molar-refractivity contribution < 1.29 is 26.8 Å². The maximum Gasteiger partial charge on any atom is 0.301 e. The molecule has 43 heavy (non-hydrogen) atoms. The molecule has 14 heteroatoms. The van der Waals surface area contributed by atoms with E-state index in [1.165, 1.54) is 20.2 Å². The molecule has 3 N–H and O–H groups in total. The lowest BCUT2D eigenvalue weighted by Gasteiger charge is -2.33. The number of fused-ring (bicyclic) bond motifs is 1. The number of halogens is 2. The van der Waals surface area contributed by atoms with Crippen LogP contribution in [0.1, 0.15) is 42.6 Å². The van der Waals surface area contributed by atoms with Gasteiger partial charge in [-0.3, -0.25) is 14.3 Å². The van der Waals surface area contributed by atoms with Crippen molar-refractivity contribution in [3.63, 3.8) is 0 Å².